The molecule has 0 unspecified atom stereocenters. The molecule has 0 radical (unpaired) electrons. The molecule has 160 valence electrons. The van der Waals surface area contributed by atoms with Gasteiger partial charge in [0.05, 0.1) is 18.0 Å². The molecular formula is C25H24FNO4. The van der Waals surface area contributed by atoms with Crippen LogP contribution >= 0.6 is 0 Å². The summed E-state index contributed by atoms with van der Waals surface area (Å²) in [5.41, 5.74) is 3.23. The largest absolute Gasteiger partial charge is 0.508 e. The highest BCUT2D eigenvalue weighted by atomic mass is 19.1. The lowest BCUT2D eigenvalue weighted by molar-refractivity contribution is -0.137. The number of phenols is 1. The monoisotopic (exact) mass is 421 g/mol. The number of aromatic hydroxyl groups is 1. The van der Waals surface area contributed by atoms with E-state index in [0.717, 1.165) is 35.0 Å². The molecule has 5 nitrogen and oxygen atoms in total. The van der Waals surface area contributed by atoms with Gasteiger partial charge in [0.2, 0.25) is 0 Å². The summed E-state index contributed by atoms with van der Waals surface area (Å²) >= 11 is 0. The Bertz CT molecular complexity index is 1120. The number of ether oxygens (including phenoxy) is 2. The van der Waals surface area contributed by atoms with Crippen LogP contribution in [0.4, 0.5) is 4.39 Å². The summed E-state index contributed by atoms with van der Waals surface area (Å²) in [6.07, 6.45) is 4.62. The summed E-state index contributed by atoms with van der Waals surface area (Å²) in [5.74, 6) is -0.487. The highest BCUT2D eigenvalue weighted by molar-refractivity contribution is 6.02. The summed E-state index contributed by atoms with van der Waals surface area (Å²) < 4.78 is 24.1. The van der Waals surface area contributed by atoms with E-state index in [-0.39, 0.29) is 24.1 Å². The first-order chi connectivity index (χ1) is 15.1. The zero-order valence-corrected chi connectivity index (χ0v) is 17.3. The van der Waals surface area contributed by atoms with Gasteiger partial charge in [0.1, 0.15) is 11.6 Å². The standard InChI is InChI=1S/C25H24FNO4/c1-2-31-23(29)10-9-22-21-15-19(28)7-8-20(21)24(16-3-5-18(26)6-4-16)25(27-22)17-11-13-30-14-12-17/h3-10,15,17,28H,2,11-14H2,1H3/b10-9+. The van der Waals surface area contributed by atoms with Crippen molar-refractivity contribution in [3.05, 3.63) is 65.7 Å². The lowest BCUT2D eigenvalue weighted by Gasteiger charge is -2.25. The number of pyridine rings is 1. The maximum absolute atomic E-state index is 13.6. The van der Waals surface area contributed by atoms with Gasteiger partial charge in [-0.05, 0) is 67.1 Å². The van der Waals surface area contributed by atoms with Gasteiger partial charge < -0.3 is 14.6 Å². The summed E-state index contributed by atoms with van der Waals surface area (Å²) in [4.78, 5) is 16.8. The molecule has 1 fully saturated rings. The van der Waals surface area contributed by atoms with Crippen LogP contribution in [0.3, 0.4) is 0 Å². The first kappa shape index (κ1) is 21.0. The number of aromatic nitrogens is 1. The van der Waals surface area contributed by atoms with Crippen molar-refractivity contribution in [3.63, 3.8) is 0 Å². The molecule has 1 saturated heterocycles. The molecule has 0 atom stereocenters. The number of rotatable bonds is 5. The molecule has 1 aromatic heterocycles. The summed E-state index contributed by atoms with van der Waals surface area (Å²) in [5, 5.41) is 11.7. The Kier molecular flexibility index (Phi) is 6.28. The van der Waals surface area contributed by atoms with Crippen molar-refractivity contribution in [2.75, 3.05) is 19.8 Å². The van der Waals surface area contributed by atoms with Gasteiger partial charge in [-0.1, -0.05) is 12.1 Å². The molecule has 6 heteroatoms. The van der Waals surface area contributed by atoms with Gasteiger partial charge in [-0.15, -0.1) is 0 Å². The fourth-order valence-corrected chi connectivity index (χ4v) is 4.00. The first-order valence-corrected chi connectivity index (χ1v) is 10.4. The number of carbonyl (C=O) groups excluding carboxylic acids is 1. The quantitative estimate of drug-likeness (QED) is 0.452. The molecule has 1 aliphatic heterocycles. The van der Waals surface area contributed by atoms with Gasteiger partial charge >= 0.3 is 5.97 Å². The lowest BCUT2D eigenvalue weighted by atomic mass is 9.86. The zero-order chi connectivity index (χ0) is 21.8. The molecule has 0 bridgehead atoms. The Balaban J connectivity index is 1.96. The van der Waals surface area contributed by atoms with E-state index >= 15 is 0 Å². The molecule has 0 spiro atoms. The Morgan fingerprint density at radius 3 is 2.65 bits per heavy atom. The van der Waals surface area contributed by atoms with Gasteiger partial charge in [-0.3, -0.25) is 4.98 Å². The van der Waals surface area contributed by atoms with Crippen LogP contribution < -0.4 is 0 Å². The highest BCUT2D eigenvalue weighted by Gasteiger charge is 2.24. The minimum absolute atomic E-state index is 0.101. The second-order valence-electron chi connectivity index (χ2n) is 7.47. The van der Waals surface area contributed by atoms with E-state index in [1.54, 1.807) is 37.3 Å². The zero-order valence-electron chi connectivity index (χ0n) is 17.3. The van der Waals surface area contributed by atoms with E-state index in [4.69, 9.17) is 14.5 Å². The van der Waals surface area contributed by atoms with Crippen LogP contribution in [0.2, 0.25) is 0 Å². The van der Waals surface area contributed by atoms with Crippen LogP contribution in [0.15, 0.2) is 48.5 Å². The van der Waals surface area contributed by atoms with Crippen molar-refractivity contribution in [1.29, 1.82) is 0 Å². The van der Waals surface area contributed by atoms with Crippen molar-refractivity contribution < 1.29 is 23.8 Å². The van der Waals surface area contributed by atoms with Crippen molar-refractivity contribution >= 4 is 22.8 Å². The van der Waals surface area contributed by atoms with Gasteiger partial charge in [0.15, 0.2) is 0 Å². The van der Waals surface area contributed by atoms with Crippen LogP contribution in [-0.4, -0.2) is 35.9 Å². The maximum atomic E-state index is 13.6. The number of hydrogen-bond acceptors (Lipinski definition) is 5. The Morgan fingerprint density at radius 2 is 1.94 bits per heavy atom. The highest BCUT2D eigenvalue weighted by Crippen LogP contribution is 2.40. The average molecular weight is 421 g/mol. The molecule has 0 aliphatic carbocycles. The predicted octanol–water partition coefficient (Wildman–Crippen LogP) is 5.22. The minimum Gasteiger partial charge on any atom is -0.508 e. The Hall–Kier alpha value is -3.25. The first-order valence-electron chi connectivity index (χ1n) is 10.4. The molecule has 0 amide bonds. The number of nitrogens with zero attached hydrogens (tertiary/aromatic N) is 1. The molecule has 1 N–H and O–H groups in total. The molecule has 3 aromatic rings. The number of benzene rings is 2. The van der Waals surface area contributed by atoms with Crippen molar-refractivity contribution in [2.24, 2.45) is 0 Å². The van der Waals surface area contributed by atoms with Crippen molar-refractivity contribution in [3.8, 4) is 16.9 Å². The lowest BCUT2D eigenvalue weighted by Crippen LogP contribution is -2.16. The number of halogens is 1. The normalized spacial score (nSPS) is 14.9. The second-order valence-corrected chi connectivity index (χ2v) is 7.47. The van der Waals surface area contributed by atoms with Gasteiger partial charge in [0.25, 0.3) is 0 Å². The van der Waals surface area contributed by atoms with Crippen LogP contribution in [0.1, 0.15) is 37.1 Å². The summed E-state index contributed by atoms with van der Waals surface area (Å²) in [6, 6.07) is 11.5. The van der Waals surface area contributed by atoms with E-state index in [0.29, 0.717) is 24.3 Å². The molecular weight excluding hydrogens is 397 g/mol. The van der Waals surface area contributed by atoms with E-state index in [2.05, 4.69) is 0 Å². The van der Waals surface area contributed by atoms with E-state index in [1.807, 2.05) is 6.07 Å². The number of esters is 1. The summed E-state index contributed by atoms with van der Waals surface area (Å²) in [7, 11) is 0. The van der Waals surface area contributed by atoms with Crippen LogP contribution in [0.25, 0.3) is 28.0 Å². The number of carbonyl (C=O) groups is 1. The number of hydrogen-bond donors (Lipinski definition) is 1. The van der Waals surface area contributed by atoms with E-state index in [1.165, 1.54) is 18.2 Å². The topological polar surface area (TPSA) is 68.7 Å². The third-order valence-electron chi connectivity index (χ3n) is 5.45. The molecule has 1 aliphatic rings. The van der Waals surface area contributed by atoms with Crippen molar-refractivity contribution in [2.45, 2.75) is 25.7 Å². The molecule has 0 saturated carbocycles. The van der Waals surface area contributed by atoms with Crippen molar-refractivity contribution in [1.82, 2.24) is 4.98 Å². The Labute approximate surface area is 180 Å². The number of fused-ring (bicyclic) bond motifs is 1. The second kappa shape index (κ2) is 9.27. The Morgan fingerprint density at radius 1 is 1.19 bits per heavy atom. The SMILES string of the molecule is CCOC(=O)/C=C/c1nc(C2CCOCC2)c(-c2ccc(F)cc2)c2ccc(O)cc12. The number of phenolic OH excluding ortho intramolecular Hbond substituents is 1. The maximum Gasteiger partial charge on any atom is 0.330 e. The third-order valence-corrected chi connectivity index (χ3v) is 5.45. The van der Waals surface area contributed by atoms with Gasteiger partial charge in [-0.25, -0.2) is 9.18 Å². The fourth-order valence-electron chi connectivity index (χ4n) is 4.00. The molecule has 31 heavy (non-hydrogen) atoms. The summed E-state index contributed by atoms with van der Waals surface area (Å²) in [6.45, 7) is 3.33. The van der Waals surface area contributed by atoms with Gasteiger partial charge in [-0.2, -0.15) is 0 Å². The van der Waals surface area contributed by atoms with Crippen LogP contribution in [0, 0.1) is 5.82 Å². The average Bonchev–Trinajstić information content (AvgIpc) is 2.78. The van der Waals surface area contributed by atoms with Gasteiger partial charge in [0, 0.05) is 36.2 Å². The van der Waals surface area contributed by atoms with E-state index < -0.39 is 5.97 Å². The fraction of sp³-hybridized carbons (Fsp3) is 0.280. The minimum atomic E-state index is -0.451. The molecule has 2 heterocycles. The smallest absolute Gasteiger partial charge is 0.330 e. The van der Waals surface area contributed by atoms with Crippen LogP contribution in [-0.2, 0) is 14.3 Å². The predicted molar refractivity (Wildman–Crippen MR) is 117 cm³/mol. The van der Waals surface area contributed by atoms with Crippen LogP contribution in [0.5, 0.6) is 5.75 Å². The van der Waals surface area contributed by atoms with E-state index in [9.17, 15) is 14.3 Å². The molecule has 2 aromatic carbocycles. The molecule has 4 rings (SSSR count). The third kappa shape index (κ3) is 4.59.